The van der Waals surface area contributed by atoms with Gasteiger partial charge in [0.25, 0.3) is 0 Å². The molecule has 0 bridgehead atoms. The Hall–Kier alpha value is -3.45. The van der Waals surface area contributed by atoms with Crippen molar-refractivity contribution in [3.63, 3.8) is 0 Å². The molecule has 34 heavy (non-hydrogen) atoms. The summed E-state index contributed by atoms with van der Waals surface area (Å²) in [6.45, 7) is 7.54. The average Bonchev–Trinajstić information content (AvgIpc) is 3.47. The lowest BCUT2D eigenvalue weighted by atomic mass is 10.1. The number of aromatic nitrogens is 3. The van der Waals surface area contributed by atoms with E-state index >= 15 is 0 Å². The zero-order chi connectivity index (χ0) is 23.8. The van der Waals surface area contributed by atoms with Gasteiger partial charge in [-0.2, -0.15) is 0 Å². The first-order chi connectivity index (χ1) is 16.6. The molecule has 0 radical (unpaired) electrons. The first-order valence-corrected chi connectivity index (χ1v) is 12.5. The van der Waals surface area contributed by atoms with Crippen LogP contribution in [0.25, 0.3) is 11.1 Å². The summed E-state index contributed by atoms with van der Waals surface area (Å²) in [5.74, 6) is 0. The van der Waals surface area contributed by atoms with Crippen LogP contribution < -0.4 is 10.2 Å². The molecule has 4 aromatic rings. The maximum Gasteiger partial charge on any atom is 0.211 e. The Morgan fingerprint density at radius 3 is 2.50 bits per heavy atom. The average molecular weight is 474 g/mol. The number of aryl methyl sites for hydroxylation is 2. The number of thiazole rings is 1. The molecule has 1 fully saturated rings. The Morgan fingerprint density at radius 2 is 1.85 bits per heavy atom. The molecule has 5 rings (SSSR count). The molecule has 176 valence electrons. The highest BCUT2D eigenvalue weighted by molar-refractivity contribution is 7.13. The summed E-state index contributed by atoms with van der Waals surface area (Å²) in [5.41, 5.74) is 6.76. The standard InChI is InChI=1S/C15H21N3S.C12H10N2O/c1-12-8-13(2)18(9-12)10-14-11-19-15(16-14)17-6-4-3-5-7-17;15-9-14-12-5-3-10(4-6-12)11-2-1-7-13-8-11/h8-9,11H,3-7,10H2,1-2H3;1-9H,(H,14,15). The Bertz CT molecular complexity index is 1180. The number of pyridine rings is 1. The normalized spacial score (nSPS) is 13.2. The van der Waals surface area contributed by atoms with Crippen molar-refractivity contribution in [1.29, 1.82) is 0 Å². The molecule has 7 heteroatoms. The molecule has 0 aliphatic carbocycles. The summed E-state index contributed by atoms with van der Waals surface area (Å²) >= 11 is 1.79. The number of nitrogens with one attached hydrogen (secondary N) is 1. The van der Waals surface area contributed by atoms with Crippen LogP contribution in [0, 0.1) is 13.8 Å². The van der Waals surface area contributed by atoms with Gasteiger partial charge in [0.05, 0.1) is 12.2 Å². The fourth-order valence-corrected chi connectivity index (χ4v) is 4.97. The molecule has 1 amide bonds. The number of anilines is 2. The van der Waals surface area contributed by atoms with Crippen LogP contribution in [0.5, 0.6) is 0 Å². The minimum atomic E-state index is 0.666. The van der Waals surface area contributed by atoms with Crippen LogP contribution in [-0.4, -0.2) is 34.0 Å². The summed E-state index contributed by atoms with van der Waals surface area (Å²) in [7, 11) is 0. The van der Waals surface area contributed by atoms with Crippen LogP contribution in [0.4, 0.5) is 10.8 Å². The third-order valence-electron chi connectivity index (χ3n) is 5.85. The SMILES string of the molecule is Cc1cc(C)n(Cc2csc(N3CCCCC3)n2)c1.O=CNc1ccc(-c2cccnc2)cc1. The van der Waals surface area contributed by atoms with E-state index in [9.17, 15) is 4.79 Å². The zero-order valence-electron chi connectivity index (χ0n) is 19.8. The summed E-state index contributed by atoms with van der Waals surface area (Å²) in [6, 6.07) is 13.7. The van der Waals surface area contributed by atoms with E-state index in [4.69, 9.17) is 4.98 Å². The van der Waals surface area contributed by atoms with Crippen LogP contribution in [-0.2, 0) is 11.3 Å². The number of hydrogen-bond acceptors (Lipinski definition) is 5. The number of carbonyl (C=O) groups is 1. The number of rotatable bonds is 6. The number of piperidine rings is 1. The molecule has 0 spiro atoms. The predicted octanol–water partition coefficient (Wildman–Crippen LogP) is 5.92. The van der Waals surface area contributed by atoms with Gasteiger partial charge >= 0.3 is 0 Å². The molecule has 3 aromatic heterocycles. The summed E-state index contributed by atoms with van der Waals surface area (Å²) in [6.07, 6.45) is 10.4. The van der Waals surface area contributed by atoms with Crippen LogP contribution in [0.1, 0.15) is 36.2 Å². The maximum absolute atomic E-state index is 10.2. The van der Waals surface area contributed by atoms with E-state index in [1.165, 1.54) is 54.4 Å². The van der Waals surface area contributed by atoms with Crippen molar-refractivity contribution < 1.29 is 4.79 Å². The van der Waals surface area contributed by atoms with E-state index in [0.717, 1.165) is 23.4 Å². The lowest BCUT2D eigenvalue weighted by Gasteiger charge is -2.25. The quantitative estimate of drug-likeness (QED) is 0.353. The second-order valence-electron chi connectivity index (χ2n) is 8.54. The topological polar surface area (TPSA) is 63.1 Å². The van der Waals surface area contributed by atoms with Gasteiger partial charge in [0, 0.05) is 48.4 Å². The van der Waals surface area contributed by atoms with Gasteiger partial charge in [-0.15, -0.1) is 11.3 Å². The van der Waals surface area contributed by atoms with Crippen LogP contribution >= 0.6 is 11.3 Å². The van der Waals surface area contributed by atoms with Gasteiger partial charge in [0.2, 0.25) is 6.41 Å². The van der Waals surface area contributed by atoms with E-state index in [-0.39, 0.29) is 0 Å². The Labute approximate surface area is 205 Å². The van der Waals surface area contributed by atoms with Crippen molar-refractivity contribution >= 4 is 28.6 Å². The molecule has 1 N–H and O–H groups in total. The number of carbonyl (C=O) groups excluding carboxylic acids is 1. The molecular formula is C27H31N5OS. The number of nitrogens with zero attached hydrogens (tertiary/aromatic N) is 4. The van der Waals surface area contributed by atoms with Gasteiger partial charge in [-0.1, -0.05) is 18.2 Å². The highest BCUT2D eigenvalue weighted by atomic mass is 32.1. The lowest BCUT2D eigenvalue weighted by molar-refractivity contribution is -0.105. The van der Waals surface area contributed by atoms with Gasteiger partial charge in [-0.3, -0.25) is 9.78 Å². The molecule has 1 aliphatic heterocycles. The maximum atomic E-state index is 10.2. The van der Waals surface area contributed by atoms with E-state index < -0.39 is 0 Å². The van der Waals surface area contributed by atoms with Gasteiger partial charge in [-0.25, -0.2) is 4.98 Å². The molecule has 0 saturated carbocycles. The predicted molar refractivity (Wildman–Crippen MR) is 141 cm³/mol. The van der Waals surface area contributed by atoms with Crippen molar-refractivity contribution in [2.75, 3.05) is 23.3 Å². The molecule has 1 saturated heterocycles. The van der Waals surface area contributed by atoms with Crippen molar-refractivity contribution in [3.8, 4) is 11.1 Å². The molecule has 1 aromatic carbocycles. The van der Waals surface area contributed by atoms with Gasteiger partial charge in [0.15, 0.2) is 5.13 Å². The van der Waals surface area contributed by atoms with Crippen molar-refractivity contribution in [3.05, 3.63) is 83.4 Å². The molecule has 1 aliphatic rings. The Morgan fingerprint density at radius 1 is 1.06 bits per heavy atom. The monoisotopic (exact) mass is 473 g/mol. The minimum absolute atomic E-state index is 0.666. The fraction of sp³-hybridized carbons (Fsp3) is 0.296. The first kappa shape index (κ1) is 23.7. The van der Waals surface area contributed by atoms with Crippen LogP contribution in [0.2, 0.25) is 0 Å². The highest BCUT2D eigenvalue weighted by Crippen LogP contribution is 2.25. The van der Waals surface area contributed by atoms with E-state index in [1.807, 2.05) is 42.6 Å². The van der Waals surface area contributed by atoms with Crippen molar-refractivity contribution in [2.24, 2.45) is 0 Å². The molecule has 4 heterocycles. The first-order valence-electron chi connectivity index (χ1n) is 11.7. The van der Waals surface area contributed by atoms with E-state index in [0.29, 0.717) is 6.41 Å². The summed E-state index contributed by atoms with van der Waals surface area (Å²) in [4.78, 5) is 21.5. The third-order valence-corrected chi connectivity index (χ3v) is 6.80. The number of benzene rings is 1. The van der Waals surface area contributed by atoms with Crippen molar-refractivity contribution in [1.82, 2.24) is 14.5 Å². The highest BCUT2D eigenvalue weighted by Gasteiger charge is 2.14. The number of hydrogen-bond donors (Lipinski definition) is 1. The summed E-state index contributed by atoms with van der Waals surface area (Å²) in [5, 5.41) is 6.00. The largest absolute Gasteiger partial charge is 0.348 e. The van der Waals surface area contributed by atoms with Crippen molar-refractivity contribution in [2.45, 2.75) is 39.7 Å². The molecule has 0 atom stereocenters. The Balaban J connectivity index is 0.000000166. The molecule has 6 nitrogen and oxygen atoms in total. The fourth-order valence-electron chi connectivity index (χ4n) is 4.10. The minimum Gasteiger partial charge on any atom is -0.348 e. The van der Waals surface area contributed by atoms with Crippen LogP contribution in [0.3, 0.4) is 0 Å². The summed E-state index contributed by atoms with van der Waals surface area (Å²) < 4.78 is 2.28. The van der Waals surface area contributed by atoms with Gasteiger partial charge < -0.3 is 14.8 Å². The van der Waals surface area contributed by atoms with Crippen LogP contribution in [0.15, 0.2) is 66.4 Å². The van der Waals surface area contributed by atoms with Gasteiger partial charge in [0.1, 0.15) is 0 Å². The second-order valence-corrected chi connectivity index (χ2v) is 9.37. The van der Waals surface area contributed by atoms with E-state index in [2.05, 4.69) is 51.3 Å². The third kappa shape index (κ3) is 6.32. The lowest BCUT2D eigenvalue weighted by Crippen LogP contribution is -2.29. The molecule has 0 unspecified atom stereocenters. The van der Waals surface area contributed by atoms with Gasteiger partial charge in [-0.05, 0) is 74.1 Å². The number of amides is 1. The second kappa shape index (κ2) is 11.6. The molecular weight excluding hydrogens is 442 g/mol. The Kier molecular flexibility index (Phi) is 8.09. The zero-order valence-corrected chi connectivity index (χ0v) is 20.6. The smallest absolute Gasteiger partial charge is 0.211 e. The van der Waals surface area contributed by atoms with E-state index in [1.54, 1.807) is 17.5 Å².